The van der Waals surface area contributed by atoms with E-state index in [4.69, 9.17) is 0 Å². The van der Waals surface area contributed by atoms with Crippen LogP contribution in [0.25, 0.3) is 10.8 Å². The monoisotopic (exact) mass is 289 g/mol. The fourth-order valence-electron chi connectivity index (χ4n) is 2.29. The standard InChI is InChI=1S/C19H15NO2/c1-22-19(21)16-11-9-14(10-12-16)13-20-18-8-4-6-15-5-2-3-7-17(15)18/h2-13H,1H3. The summed E-state index contributed by atoms with van der Waals surface area (Å²) in [6.45, 7) is 0. The maximum Gasteiger partial charge on any atom is 0.337 e. The van der Waals surface area contributed by atoms with Gasteiger partial charge in [0.25, 0.3) is 0 Å². The number of rotatable bonds is 3. The molecular weight excluding hydrogens is 274 g/mol. The number of methoxy groups -OCH3 is 1. The van der Waals surface area contributed by atoms with Crippen LogP contribution >= 0.6 is 0 Å². The van der Waals surface area contributed by atoms with E-state index in [1.807, 2.05) is 36.4 Å². The minimum atomic E-state index is -0.336. The minimum absolute atomic E-state index is 0.336. The zero-order chi connectivity index (χ0) is 15.4. The van der Waals surface area contributed by atoms with Crippen LogP contribution in [0.15, 0.2) is 71.7 Å². The number of nitrogens with zero attached hydrogens (tertiary/aromatic N) is 1. The number of hydrogen-bond acceptors (Lipinski definition) is 3. The highest BCUT2D eigenvalue weighted by molar-refractivity contribution is 5.95. The van der Waals surface area contributed by atoms with E-state index in [1.165, 1.54) is 7.11 Å². The fourth-order valence-corrected chi connectivity index (χ4v) is 2.29. The van der Waals surface area contributed by atoms with E-state index in [0.717, 1.165) is 22.0 Å². The van der Waals surface area contributed by atoms with Crippen molar-refractivity contribution in [1.82, 2.24) is 0 Å². The second kappa shape index (κ2) is 6.22. The van der Waals surface area contributed by atoms with Crippen LogP contribution in [0.2, 0.25) is 0 Å². The Kier molecular flexibility index (Phi) is 3.97. The van der Waals surface area contributed by atoms with Crippen LogP contribution in [0.3, 0.4) is 0 Å². The smallest absolute Gasteiger partial charge is 0.337 e. The molecule has 0 spiro atoms. The van der Waals surface area contributed by atoms with Gasteiger partial charge in [-0.15, -0.1) is 0 Å². The largest absolute Gasteiger partial charge is 0.465 e. The summed E-state index contributed by atoms with van der Waals surface area (Å²) in [5.74, 6) is -0.336. The number of carbonyl (C=O) groups excluding carboxylic acids is 1. The van der Waals surface area contributed by atoms with Crippen molar-refractivity contribution >= 4 is 28.6 Å². The lowest BCUT2D eigenvalue weighted by atomic mass is 10.1. The van der Waals surface area contributed by atoms with Gasteiger partial charge in [0, 0.05) is 11.6 Å². The lowest BCUT2D eigenvalue weighted by molar-refractivity contribution is 0.0601. The third kappa shape index (κ3) is 2.88. The average Bonchev–Trinajstić information content (AvgIpc) is 2.59. The van der Waals surface area contributed by atoms with Crippen molar-refractivity contribution in [2.24, 2.45) is 4.99 Å². The highest BCUT2D eigenvalue weighted by Crippen LogP contribution is 2.25. The van der Waals surface area contributed by atoms with E-state index in [2.05, 4.69) is 27.9 Å². The Morgan fingerprint density at radius 3 is 2.45 bits per heavy atom. The lowest BCUT2D eigenvalue weighted by Gasteiger charge is -2.02. The maximum absolute atomic E-state index is 11.4. The van der Waals surface area contributed by atoms with Gasteiger partial charge in [0.2, 0.25) is 0 Å². The number of hydrogen-bond donors (Lipinski definition) is 0. The maximum atomic E-state index is 11.4. The SMILES string of the molecule is COC(=O)c1ccc(C=Nc2cccc3ccccc23)cc1. The van der Waals surface area contributed by atoms with Gasteiger partial charge in [-0.2, -0.15) is 0 Å². The van der Waals surface area contributed by atoms with Crippen molar-refractivity contribution in [2.75, 3.05) is 7.11 Å². The van der Waals surface area contributed by atoms with Gasteiger partial charge >= 0.3 is 5.97 Å². The van der Waals surface area contributed by atoms with E-state index < -0.39 is 0 Å². The molecule has 0 N–H and O–H groups in total. The molecule has 0 aromatic heterocycles. The second-order valence-electron chi connectivity index (χ2n) is 4.87. The molecule has 3 aromatic carbocycles. The summed E-state index contributed by atoms with van der Waals surface area (Å²) in [7, 11) is 1.37. The minimum Gasteiger partial charge on any atom is -0.465 e. The van der Waals surface area contributed by atoms with Crippen molar-refractivity contribution < 1.29 is 9.53 Å². The Bertz CT molecular complexity index is 830. The number of benzene rings is 3. The van der Waals surface area contributed by atoms with Crippen molar-refractivity contribution in [3.63, 3.8) is 0 Å². The zero-order valence-corrected chi connectivity index (χ0v) is 12.2. The van der Waals surface area contributed by atoms with Crippen LogP contribution in [0.4, 0.5) is 5.69 Å². The molecule has 0 unspecified atom stereocenters. The molecule has 108 valence electrons. The molecule has 3 nitrogen and oxygen atoms in total. The number of carbonyl (C=O) groups is 1. The molecule has 0 saturated carbocycles. The average molecular weight is 289 g/mol. The van der Waals surface area contributed by atoms with Crippen molar-refractivity contribution in [3.8, 4) is 0 Å². The molecule has 22 heavy (non-hydrogen) atoms. The summed E-state index contributed by atoms with van der Waals surface area (Å²) in [5, 5.41) is 2.28. The van der Waals surface area contributed by atoms with E-state index in [1.54, 1.807) is 18.3 Å². The summed E-state index contributed by atoms with van der Waals surface area (Å²) < 4.78 is 4.68. The first-order valence-electron chi connectivity index (χ1n) is 6.98. The molecule has 0 aliphatic rings. The Morgan fingerprint density at radius 1 is 0.955 bits per heavy atom. The Hall–Kier alpha value is -2.94. The molecular formula is C19H15NO2. The van der Waals surface area contributed by atoms with Gasteiger partial charge in [-0.3, -0.25) is 4.99 Å². The predicted octanol–water partition coefficient (Wildman–Crippen LogP) is 4.38. The summed E-state index contributed by atoms with van der Waals surface area (Å²) >= 11 is 0. The predicted molar refractivity (Wildman–Crippen MR) is 89.0 cm³/mol. The first kappa shape index (κ1) is 14.0. The molecule has 0 amide bonds. The van der Waals surface area contributed by atoms with Crippen molar-refractivity contribution in [1.29, 1.82) is 0 Å². The number of fused-ring (bicyclic) bond motifs is 1. The van der Waals surface area contributed by atoms with E-state index in [0.29, 0.717) is 5.56 Å². The molecule has 0 fully saturated rings. The quantitative estimate of drug-likeness (QED) is 0.530. The molecule has 3 aromatic rings. The topological polar surface area (TPSA) is 38.7 Å². The first-order valence-corrected chi connectivity index (χ1v) is 6.98. The normalized spacial score (nSPS) is 11.0. The number of ether oxygens (including phenoxy) is 1. The van der Waals surface area contributed by atoms with Crippen LogP contribution in [0.5, 0.6) is 0 Å². The molecule has 0 bridgehead atoms. The zero-order valence-electron chi connectivity index (χ0n) is 12.2. The Labute approximate surface area is 128 Å². The third-order valence-electron chi connectivity index (χ3n) is 3.45. The van der Waals surface area contributed by atoms with E-state index >= 15 is 0 Å². The molecule has 0 saturated heterocycles. The summed E-state index contributed by atoms with van der Waals surface area (Å²) in [5.41, 5.74) is 2.39. The van der Waals surface area contributed by atoms with Crippen molar-refractivity contribution in [2.45, 2.75) is 0 Å². The number of esters is 1. The fraction of sp³-hybridized carbons (Fsp3) is 0.0526. The summed E-state index contributed by atoms with van der Waals surface area (Å²) in [6, 6.07) is 21.4. The van der Waals surface area contributed by atoms with Gasteiger partial charge in [0.1, 0.15) is 0 Å². The van der Waals surface area contributed by atoms with E-state index in [-0.39, 0.29) is 5.97 Å². The van der Waals surface area contributed by atoms with Crippen LogP contribution in [0.1, 0.15) is 15.9 Å². The van der Waals surface area contributed by atoms with Crippen LogP contribution in [0, 0.1) is 0 Å². The highest BCUT2D eigenvalue weighted by atomic mass is 16.5. The molecule has 0 radical (unpaired) electrons. The lowest BCUT2D eigenvalue weighted by Crippen LogP contribution is -2.00. The molecule has 0 atom stereocenters. The first-order chi connectivity index (χ1) is 10.8. The summed E-state index contributed by atoms with van der Waals surface area (Å²) in [6.07, 6.45) is 1.79. The molecule has 0 aliphatic carbocycles. The van der Waals surface area contributed by atoms with E-state index in [9.17, 15) is 4.79 Å². The highest BCUT2D eigenvalue weighted by Gasteiger charge is 2.03. The molecule has 3 rings (SSSR count). The number of aliphatic imine (C=N–C) groups is 1. The van der Waals surface area contributed by atoms with Crippen LogP contribution in [-0.2, 0) is 4.74 Å². The van der Waals surface area contributed by atoms with Gasteiger partial charge in [-0.25, -0.2) is 4.79 Å². The van der Waals surface area contributed by atoms with Gasteiger partial charge in [0.15, 0.2) is 0 Å². The van der Waals surface area contributed by atoms with Gasteiger partial charge in [-0.05, 0) is 29.1 Å². The Morgan fingerprint density at radius 2 is 1.68 bits per heavy atom. The second-order valence-corrected chi connectivity index (χ2v) is 4.87. The molecule has 3 heteroatoms. The van der Waals surface area contributed by atoms with Gasteiger partial charge in [0.05, 0.1) is 18.4 Å². The van der Waals surface area contributed by atoms with Gasteiger partial charge in [-0.1, -0.05) is 48.5 Å². The van der Waals surface area contributed by atoms with Crippen LogP contribution < -0.4 is 0 Å². The third-order valence-corrected chi connectivity index (χ3v) is 3.45. The van der Waals surface area contributed by atoms with Crippen LogP contribution in [-0.4, -0.2) is 19.3 Å². The van der Waals surface area contributed by atoms with Gasteiger partial charge < -0.3 is 4.74 Å². The molecule has 0 aliphatic heterocycles. The Balaban J connectivity index is 1.88. The summed E-state index contributed by atoms with van der Waals surface area (Å²) in [4.78, 5) is 16.0. The molecule has 0 heterocycles. The van der Waals surface area contributed by atoms with Crippen molar-refractivity contribution in [3.05, 3.63) is 77.9 Å².